The molecule has 1 heterocycles. The molecule has 0 atom stereocenters. The van der Waals surface area contributed by atoms with Crippen molar-refractivity contribution >= 4 is 23.2 Å². The highest BCUT2D eigenvalue weighted by Gasteiger charge is 2.21. The van der Waals surface area contributed by atoms with E-state index in [0.717, 1.165) is 51.3 Å². The summed E-state index contributed by atoms with van der Waals surface area (Å²) in [6, 6.07) is 5.69. The number of carbonyl (C=O) groups excluding carboxylic acids is 2. The molecule has 1 aromatic rings. The second-order valence-electron chi connectivity index (χ2n) is 8.99. The number of rotatable bonds is 9. The van der Waals surface area contributed by atoms with Crippen LogP contribution in [0.1, 0.15) is 64.2 Å². The molecule has 2 N–H and O–H groups in total. The molecule has 1 aromatic carbocycles. The maximum atomic E-state index is 13.0. The van der Waals surface area contributed by atoms with Gasteiger partial charge in [-0.1, -0.05) is 34.6 Å². The van der Waals surface area contributed by atoms with Crippen LogP contribution in [0.5, 0.6) is 0 Å². The molecule has 6 nitrogen and oxygen atoms in total. The number of nitrogens with zero attached hydrogens (tertiary/aromatic N) is 2. The first-order chi connectivity index (χ1) is 13.7. The topological polar surface area (TPSA) is 64.7 Å². The van der Waals surface area contributed by atoms with Gasteiger partial charge in [0.15, 0.2) is 0 Å². The molecular formula is C23H38N4O2. The molecule has 1 fully saturated rings. The molecule has 0 aromatic heterocycles. The predicted molar refractivity (Wildman–Crippen MR) is 121 cm³/mol. The van der Waals surface area contributed by atoms with Crippen LogP contribution < -0.4 is 15.5 Å². The fraction of sp³-hybridized carbons (Fsp3) is 0.652. The van der Waals surface area contributed by atoms with E-state index in [4.69, 9.17) is 0 Å². The van der Waals surface area contributed by atoms with Crippen molar-refractivity contribution in [2.24, 2.45) is 5.41 Å². The fourth-order valence-corrected chi connectivity index (χ4v) is 3.68. The van der Waals surface area contributed by atoms with E-state index in [-0.39, 0.29) is 17.2 Å². The fourth-order valence-electron chi connectivity index (χ4n) is 3.68. The number of carbonyl (C=O) groups is 2. The number of benzene rings is 1. The third-order valence-corrected chi connectivity index (χ3v) is 5.27. The molecule has 0 spiro atoms. The molecule has 0 saturated carbocycles. The van der Waals surface area contributed by atoms with E-state index >= 15 is 0 Å². The second-order valence-corrected chi connectivity index (χ2v) is 8.99. The Bertz CT molecular complexity index is 687. The molecule has 0 unspecified atom stereocenters. The van der Waals surface area contributed by atoms with Crippen molar-refractivity contribution in [2.75, 3.05) is 49.5 Å². The van der Waals surface area contributed by atoms with Gasteiger partial charge in [0.2, 0.25) is 5.91 Å². The van der Waals surface area contributed by atoms with E-state index < -0.39 is 0 Å². The minimum absolute atomic E-state index is 0.0284. The molecule has 1 saturated heterocycles. The molecule has 1 aliphatic heterocycles. The van der Waals surface area contributed by atoms with E-state index in [1.807, 2.05) is 39.0 Å². The van der Waals surface area contributed by atoms with Crippen molar-refractivity contribution in [3.8, 4) is 0 Å². The van der Waals surface area contributed by atoms with E-state index in [0.29, 0.717) is 24.2 Å². The van der Waals surface area contributed by atoms with Crippen molar-refractivity contribution in [3.63, 3.8) is 0 Å². The third kappa shape index (κ3) is 7.35. The highest BCUT2D eigenvalue weighted by molar-refractivity contribution is 6.02. The van der Waals surface area contributed by atoms with Gasteiger partial charge in [-0.3, -0.25) is 9.59 Å². The van der Waals surface area contributed by atoms with Gasteiger partial charge >= 0.3 is 0 Å². The van der Waals surface area contributed by atoms with Gasteiger partial charge in [-0.15, -0.1) is 0 Å². The first kappa shape index (κ1) is 23.2. The van der Waals surface area contributed by atoms with Crippen molar-refractivity contribution in [1.82, 2.24) is 10.2 Å². The van der Waals surface area contributed by atoms with Crippen LogP contribution in [-0.4, -0.2) is 56.0 Å². The molecular weight excluding hydrogens is 364 g/mol. The first-order valence-corrected chi connectivity index (χ1v) is 10.9. The summed E-state index contributed by atoms with van der Waals surface area (Å²) in [5, 5.41) is 6.02. The van der Waals surface area contributed by atoms with Crippen molar-refractivity contribution in [1.29, 1.82) is 0 Å². The number of anilines is 2. The summed E-state index contributed by atoms with van der Waals surface area (Å²) in [5.74, 6) is -0.106. The molecule has 0 radical (unpaired) electrons. The van der Waals surface area contributed by atoms with Crippen LogP contribution in [0.2, 0.25) is 0 Å². The van der Waals surface area contributed by atoms with Gasteiger partial charge < -0.3 is 20.4 Å². The first-order valence-electron chi connectivity index (χ1n) is 10.9. The summed E-state index contributed by atoms with van der Waals surface area (Å²) in [4.78, 5) is 29.9. The standard InChI is InChI=1S/C23H38N4O2/c1-6-26(7-2)15-12-24-22(29)19-16-18(25-21(28)17-23(3,4)5)10-11-20(19)27-13-8-9-14-27/h10-11,16H,6-9,12-15,17H2,1-5H3,(H,24,29)(H,25,28). The number of nitrogens with one attached hydrogen (secondary N) is 2. The van der Waals surface area contributed by atoms with E-state index in [2.05, 4.69) is 34.3 Å². The smallest absolute Gasteiger partial charge is 0.253 e. The average molecular weight is 403 g/mol. The molecule has 1 aliphatic rings. The maximum Gasteiger partial charge on any atom is 0.253 e. The lowest BCUT2D eigenvalue weighted by Crippen LogP contribution is -2.35. The Morgan fingerprint density at radius 1 is 1.10 bits per heavy atom. The van der Waals surface area contributed by atoms with E-state index in [1.165, 1.54) is 0 Å². The Balaban J connectivity index is 2.14. The molecule has 2 rings (SSSR count). The summed E-state index contributed by atoms with van der Waals surface area (Å²) in [6.45, 7) is 15.7. The number of hydrogen-bond donors (Lipinski definition) is 2. The summed E-state index contributed by atoms with van der Waals surface area (Å²) in [5.41, 5.74) is 2.19. The van der Waals surface area contributed by atoms with Gasteiger partial charge in [0.25, 0.3) is 5.91 Å². The minimum Gasteiger partial charge on any atom is -0.371 e. The van der Waals surface area contributed by atoms with E-state index in [9.17, 15) is 9.59 Å². The SMILES string of the molecule is CCN(CC)CCNC(=O)c1cc(NC(=O)CC(C)(C)C)ccc1N1CCCC1. The van der Waals surface area contributed by atoms with E-state index in [1.54, 1.807) is 0 Å². The van der Waals surface area contributed by atoms with Crippen LogP contribution >= 0.6 is 0 Å². The van der Waals surface area contributed by atoms with Gasteiger partial charge in [-0.25, -0.2) is 0 Å². The minimum atomic E-state index is -0.0792. The van der Waals surface area contributed by atoms with Crippen LogP contribution in [0.15, 0.2) is 18.2 Å². The van der Waals surface area contributed by atoms with Crippen molar-refractivity contribution in [2.45, 2.75) is 53.9 Å². The predicted octanol–water partition coefficient (Wildman–Crippen LogP) is 3.73. The Kier molecular flexibility index (Phi) is 8.50. The Morgan fingerprint density at radius 2 is 1.76 bits per heavy atom. The van der Waals surface area contributed by atoms with Gasteiger partial charge in [0.05, 0.1) is 5.56 Å². The highest BCUT2D eigenvalue weighted by atomic mass is 16.2. The number of likely N-dealkylation sites (N-methyl/N-ethyl adjacent to an activating group) is 1. The average Bonchev–Trinajstić information content (AvgIpc) is 3.18. The third-order valence-electron chi connectivity index (χ3n) is 5.27. The molecule has 162 valence electrons. The molecule has 6 heteroatoms. The van der Waals surface area contributed by atoms with Crippen LogP contribution in [0, 0.1) is 5.41 Å². The lowest BCUT2D eigenvalue weighted by Gasteiger charge is -2.23. The highest BCUT2D eigenvalue weighted by Crippen LogP contribution is 2.28. The summed E-state index contributed by atoms with van der Waals surface area (Å²) in [7, 11) is 0. The Hall–Kier alpha value is -2.08. The maximum absolute atomic E-state index is 13.0. The van der Waals surface area contributed by atoms with Crippen LogP contribution in [0.3, 0.4) is 0 Å². The zero-order valence-corrected chi connectivity index (χ0v) is 18.8. The van der Waals surface area contributed by atoms with Gasteiger partial charge in [-0.05, 0) is 49.5 Å². The Labute approximate surface area is 176 Å². The quantitative estimate of drug-likeness (QED) is 0.661. The molecule has 29 heavy (non-hydrogen) atoms. The summed E-state index contributed by atoms with van der Waals surface area (Å²) in [6.07, 6.45) is 2.73. The van der Waals surface area contributed by atoms with Gasteiger partial charge in [0.1, 0.15) is 0 Å². The lowest BCUT2D eigenvalue weighted by molar-refractivity contribution is -0.117. The molecule has 0 bridgehead atoms. The summed E-state index contributed by atoms with van der Waals surface area (Å²) >= 11 is 0. The van der Waals surface area contributed by atoms with Crippen LogP contribution in [0.4, 0.5) is 11.4 Å². The lowest BCUT2D eigenvalue weighted by atomic mass is 9.92. The van der Waals surface area contributed by atoms with Crippen molar-refractivity contribution < 1.29 is 9.59 Å². The molecule has 0 aliphatic carbocycles. The zero-order valence-electron chi connectivity index (χ0n) is 18.8. The van der Waals surface area contributed by atoms with Crippen LogP contribution in [-0.2, 0) is 4.79 Å². The summed E-state index contributed by atoms with van der Waals surface area (Å²) < 4.78 is 0. The second kappa shape index (κ2) is 10.6. The Morgan fingerprint density at radius 3 is 2.34 bits per heavy atom. The van der Waals surface area contributed by atoms with Crippen molar-refractivity contribution in [3.05, 3.63) is 23.8 Å². The monoisotopic (exact) mass is 402 g/mol. The normalized spacial score (nSPS) is 14.3. The zero-order chi connectivity index (χ0) is 21.4. The van der Waals surface area contributed by atoms with Gasteiger partial charge in [-0.2, -0.15) is 0 Å². The number of amides is 2. The number of hydrogen-bond acceptors (Lipinski definition) is 4. The van der Waals surface area contributed by atoms with Gasteiger partial charge in [0, 0.05) is 44.0 Å². The largest absolute Gasteiger partial charge is 0.371 e. The van der Waals surface area contributed by atoms with Crippen LogP contribution in [0.25, 0.3) is 0 Å². The molecule has 2 amide bonds.